The third-order valence-corrected chi connectivity index (χ3v) is 2.61. The zero-order valence-electron chi connectivity index (χ0n) is 8.58. The van der Waals surface area contributed by atoms with E-state index in [0.717, 1.165) is 0 Å². The molecule has 0 radical (unpaired) electrons. The summed E-state index contributed by atoms with van der Waals surface area (Å²) in [6.07, 6.45) is 1.39. The second kappa shape index (κ2) is 3.87. The van der Waals surface area contributed by atoms with Crippen molar-refractivity contribution in [2.45, 2.75) is 19.4 Å². The standard InChI is InChI=1S/C11H9FN2O2/c1-6-8-2-7(4-13-5-15)3-9(12)10(8)14-11(6)16/h2-3,6H,4H2,1H3,(H,14,16). The highest BCUT2D eigenvalue weighted by Gasteiger charge is 2.29. The summed E-state index contributed by atoms with van der Waals surface area (Å²) in [5.74, 6) is -1.08. The molecule has 1 atom stereocenters. The molecule has 0 spiro atoms. The molecule has 1 aliphatic rings. The zero-order chi connectivity index (χ0) is 11.7. The van der Waals surface area contributed by atoms with Gasteiger partial charge in [0.1, 0.15) is 5.82 Å². The molecule has 5 heteroatoms. The number of nitrogens with one attached hydrogen (secondary N) is 1. The second-order valence-corrected chi connectivity index (χ2v) is 3.66. The maximum absolute atomic E-state index is 13.6. The molecule has 1 aromatic carbocycles. The van der Waals surface area contributed by atoms with Gasteiger partial charge in [0, 0.05) is 0 Å². The van der Waals surface area contributed by atoms with E-state index >= 15 is 0 Å². The fraction of sp³-hybridized carbons (Fsp3) is 0.273. The van der Waals surface area contributed by atoms with Crippen LogP contribution in [0.1, 0.15) is 24.0 Å². The number of rotatable bonds is 2. The number of carbonyl (C=O) groups excluding carboxylic acids is 2. The molecule has 1 N–H and O–H groups in total. The molecule has 0 bridgehead atoms. The van der Waals surface area contributed by atoms with E-state index in [2.05, 4.69) is 10.3 Å². The SMILES string of the molecule is CC1C(=O)Nc2c(F)cc(CN=C=O)cc21. The van der Waals surface area contributed by atoms with E-state index in [9.17, 15) is 14.0 Å². The molecule has 0 aromatic heterocycles. The van der Waals surface area contributed by atoms with Crippen LogP contribution in [0.5, 0.6) is 0 Å². The Morgan fingerprint density at radius 2 is 2.31 bits per heavy atom. The molecule has 1 aliphatic heterocycles. The number of hydrogen-bond acceptors (Lipinski definition) is 3. The first kappa shape index (κ1) is 10.5. The third-order valence-electron chi connectivity index (χ3n) is 2.61. The van der Waals surface area contributed by atoms with Crippen molar-refractivity contribution in [2.24, 2.45) is 4.99 Å². The molecule has 0 aliphatic carbocycles. The lowest BCUT2D eigenvalue weighted by molar-refractivity contribution is -0.116. The number of hydrogen-bond donors (Lipinski definition) is 1. The molecule has 82 valence electrons. The van der Waals surface area contributed by atoms with E-state index < -0.39 is 5.82 Å². The Bertz CT molecular complexity index is 507. The first-order chi connectivity index (χ1) is 7.63. The topological polar surface area (TPSA) is 58.5 Å². The molecule has 4 nitrogen and oxygen atoms in total. The van der Waals surface area contributed by atoms with Crippen LogP contribution in [0.25, 0.3) is 0 Å². The molecule has 1 amide bonds. The van der Waals surface area contributed by atoms with E-state index in [1.165, 1.54) is 12.1 Å². The van der Waals surface area contributed by atoms with E-state index in [1.807, 2.05) is 0 Å². The van der Waals surface area contributed by atoms with E-state index in [1.54, 1.807) is 13.0 Å². The summed E-state index contributed by atoms with van der Waals surface area (Å²) >= 11 is 0. The van der Waals surface area contributed by atoms with Gasteiger partial charge < -0.3 is 5.32 Å². The molecule has 1 aromatic rings. The predicted octanol–water partition coefficient (Wildman–Crippen LogP) is 1.72. The minimum absolute atomic E-state index is 0.0780. The highest BCUT2D eigenvalue weighted by atomic mass is 19.1. The number of aliphatic imine (C=N–C) groups is 1. The van der Waals surface area contributed by atoms with Crippen LogP contribution in [0.15, 0.2) is 17.1 Å². The minimum atomic E-state index is -0.494. The third kappa shape index (κ3) is 1.61. The van der Waals surface area contributed by atoms with Crippen LogP contribution < -0.4 is 5.32 Å². The molecular formula is C11H9FN2O2. The average Bonchev–Trinajstić information content (AvgIpc) is 2.54. The smallest absolute Gasteiger partial charge is 0.235 e. The molecule has 0 saturated heterocycles. The molecule has 0 saturated carbocycles. The molecule has 16 heavy (non-hydrogen) atoms. The Morgan fingerprint density at radius 1 is 1.56 bits per heavy atom. The monoisotopic (exact) mass is 220 g/mol. The van der Waals surface area contributed by atoms with Crippen LogP contribution in [0, 0.1) is 5.82 Å². The van der Waals surface area contributed by atoms with Crippen LogP contribution >= 0.6 is 0 Å². The van der Waals surface area contributed by atoms with Gasteiger partial charge in [0.25, 0.3) is 0 Å². The first-order valence-corrected chi connectivity index (χ1v) is 4.80. The molecule has 1 unspecified atom stereocenters. The molecular weight excluding hydrogens is 211 g/mol. The van der Waals surface area contributed by atoms with Crippen molar-refractivity contribution in [1.29, 1.82) is 0 Å². The summed E-state index contributed by atoms with van der Waals surface area (Å²) in [6, 6.07) is 2.94. The number of fused-ring (bicyclic) bond motifs is 1. The summed E-state index contributed by atoms with van der Waals surface area (Å²) in [7, 11) is 0. The maximum Gasteiger partial charge on any atom is 0.235 e. The largest absolute Gasteiger partial charge is 0.323 e. The van der Waals surface area contributed by atoms with Gasteiger partial charge in [-0.3, -0.25) is 4.79 Å². The van der Waals surface area contributed by atoms with Gasteiger partial charge in [-0.1, -0.05) is 6.07 Å². The fourth-order valence-corrected chi connectivity index (χ4v) is 1.75. The Hall–Kier alpha value is -2.00. The summed E-state index contributed by atoms with van der Waals surface area (Å²) in [6.45, 7) is 1.78. The number of amides is 1. The summed E-state index contributed by atoms with van der Waals surface area (Å²) in [5.41, 5.74) is 1.40. The Labute approximate surface area is 91.2 Å². The Morgan fingerprint density at radius 3 is 3.00 bits per heavy atom. The van der Waals surface area contributed by atoms with Gasteiger partial charge >= 0.3 is 0 Å². The van der Waals surface area contributed by atoms with E-state index in [4.69, 9.17) is 0 Å². The molecule has 0 fully saturated rings. The van der Waals surface area contributed by atoms with E-state index in [0.29, 0.717) is 11.1 Å². The summed E-state index contributed by atoms with van der Waals surface area (Å²) < 4.78 is 13.6. The quantitative estimate of drug-likeness (QED) is 0.609. The van der Waals surface area contributed by atoms with Gasteiger partial charge in [-0.2, -0.15) is 0 Å². The normalized spacial score (nSPS) is 17.6. The number of benzene rings is 1. The highest BCUT2D eigenvalue weighted by molar-refractivity contribution is 6.02. The van der Waals surface area contributed by atoms with Crippen molar-refractivity contribution in [3.05, 3.63) is 29.1 Å². The number of anilines is 1. The van der Waals surface area contributed by atoms with Crippen molar-refractivity contribution >= 4 is 17.7 Å². The number of carbonyl (C=O) groups is 1. The number of halogens is 1. The predicted molar refractivity (Wildman–Crippen MR) is 55.3 cm³/mol. The van der Waals surface area contributed by atoms with Crippen molar-refractivity contribution < 1.29 is 14.0 Å². The van der Waals surface area contributed by atoms with Crippen molar-refractivity contribution in [3.63, 3.8) is 0 Å². The maximum atomic E-state index is 13.6. The van der Waals surface area contributed by atoms with Gasteiger partial charge in [0.05, 0.1) is 18.2 Å². The van der Waals surface area contributed by atoms with Gasteiger partial charge in [-0.05, 0) is 24.1 Å². The minimum Gasteiger partial charge on any atom is -0.323 e. The van der Waals surface area contributed by atoms with Gasteiger partial charge in [-0.15, -0.1) is 0 Å². The van der Waals surface area contributed by atoms with Crippen molar-refractivity contribution in [3.8, 4) is 0 Å². The Balaban J connectivity index is 2.46. The summed E-state index contributed by atoms with van der Waals surface area (Å²) in [4.78, 5) is 24.7. The van der Waals surface area contributed by atoms with Crippen LogP contribution in [0.3, 0.4) is 0 Å². The lowest BCUT2D eigenvalue weighted by Crippen LogP contribution is -2.08. The van der Waals surface area contributed by atoms with Crippen LogP contribution in [0.2, 0.25) is 0 Å². The first-order valence-electron chi connectivity index (χ1n) is 4.80. The fourth-order valence-electron chi connectivity index (χ4n) is 1.75. The van der Waals surface area contributed by atoms with Crippen LogP contribution in [-0.4, -0.2) is 12.0 Å². The highest BCUT2D eigenvalue weighted by Crippen LogP contribution is 2.35. The van der Waals surface area contributed by atoms with Crippen LogP contribution in [0.4, 0.5) is 10.1 Å². The lowest BCUT2D eigenvalue weighted by atomic mass is 10.0. The lowest BCUT2D eigenvalue weighted by Gasteiger charge is -2.04. The number of nitrogens with zero attached hydrogens (tertiary/aromatic N) is 1. The van der Waals surface area contributed by atoms with Crippen molar-refractivity contribution in [2.75, 3.05) is 5.32 Å². The average molecular weight is 220 g/mol. The van der Waals surface area contributed by atoms with Gasteiger partial charge in [0.2, 0.25) is 12.0 Å². The molecule has 1 heterocycles. The van der Waals surface area contributed by atoms with Crippen molar-refractivity contribution in [1.82, 2.24) is 0 Å². The van der Waals surface area contributed by atoms with Gasteiger partial charge in [-0.25, -0.2) is 14.2 Å². The van der Waals surface area contributed by atoms with Crippen LogP contribution in [-0.2, 0) is 16.1 Å². The zero-order valence-corrected chi connectivity index (χ0v) is 8.58. The molecule has 2 rings (SSSR count). The summed E-state index contributed by atoms with van der Waals surface area (Å²) in [5, 5.41) is 2.48. The van der Waals surface area contributed by atoms with E-state index in [-0.39, 0.29) is 24.1 Å². The van der Waals surface area contributed by atoms with Gasteiger partial charge in [0.15, 0.2) is 0 Å². The Kier molecular flexibility index (Phi) is 2.54. The number of isocyanates is 1. The second-order valence-electron chi connectivity index (χ2n) is 3.66.